The molecule has 4 aromatic rings. The van der Waals surface area contributed by atoms with E-state index in [2.05, 4.69) is 86.4 Å². The number of hydrogen-bond acceptors (Lipinski definition) is 0. The molecule has 39 heavy (non-hydrogen) atoms. The van der Waals surface area contributed by atoms with Crippen LogP contribution in [-0.2, 0) is 25.7 Å². The van der Waals surface area contributed by atoms with Crippen molar-refractivity contribution in [3.63, 3.8) is 0 Å². The first-order chi connectivity index (χ1) is 19.2. The van der Waals surface area contributed by atoms with Crippen LogP contribution in [-0.4, -0.2) is 0 Å². The van der Waals surface area contributed by atoms with Gasteiger partial charge in [0, 0.05) is 16.5 Å². The summed E-state index contributed by atoms with van der Waals surface area (Å²) in [5.41, 5.74) is 6.66. The fourth-order valence-electron chi connectivity index (χ4n) is 5.01. The molecule has 0 atom stereocenters. The second kappa shape index (κ2) is 15.1. The van der Waals surface area contributed by atoms with Gasteiger partial charge in [-0.2, -0.15) is 0 Å². The third-order valence-corrected chi connectivity index (χ3v) is 7.45. The van der Waals surface area contributed by atoms with Crippen molar-refractivity contribution in [2.24, 2.45) is 0 Å². The number of benzene rings is 4. The predicted molar refractivity (Wildman–Crippen MR) is 166 cm³/mol. The van der Waals surface area contributed by atoms with E-state index in [1.165, 1.54) is 48.8 Å². The number of allylic oxidation sites excluding steroid dienone is 2. The van der Waals surface area contributed by atoms with E-state index in [-0.39, 0.29) is 5.82 Å². The van der Waals surface area contributed by atoms with E-state index in [9.17, 15) is 0 Å². The van der Waals surface area contributed by atoms with Crippen molar-refractivity contribution < 1.29 is 4.39 Å². The highest BCUT2D eigenvalue weighted by molar-refractivity contribution is 5.85. The summed E-state index contributed by atoms with van der Waals surface area (Å²) in [7, 11) is 0. The summed E-state index contributed by atoms with van der Waals surface area (Å²) in [6, 6.07) is 27.1. The summed E-state index contributed by atoms with van der Waals surface area (Å²) >= 11 is 0. The van der Waals surface area contributed by atoms with E-state index in [4.69, 9.17) is 0 Å². The number of hydrogen-bond donors (Lipinski definition) is 0. The highest BCUT2D eigenvalue weighted by Crippen LogP contribution is 2.24. The van der Waals surface area contributed by atoms with Crippen LogP contribution in [0.3, 0.4) is 0 Å². The average Bonchev–Trinajstić information content (AvgIpc) is 2.97. The summed E-state index contributed by atoms with van der Waals surface area (Å²) in [4.78, 5) is 0. The fourth-order valence-corrected chi connectivity index (χ4v) is 5.01. The Bertz CT molecular complexity index is 1410. The van der Waals surface area contributed by atoms with Crippen LogP contribution in [0.5, 0.6) is 0 Å². The van der Waals surface area contributed by atoms with Gasteiger partial charge in [-0.15, -0.1) is 0 Å². The number of fused-ring (bicyclic) bond motifs is 1. The molecule has 0 saturated heterocycles. The molecule has 0 radical (unpaired) electrons. The summed E-state index contributed by atoms with van der Waals surface area (Å²) in [5.74, 6) is 6.39. The average molecular weight is 517 g/mol. The van der Waals surface area contributed by atoms with Gasteiger partial charge in [0.1, 0.15) is 5.82 Å². The fraction of sp³-hybridized carbons (Fsp3) is 0.316. The van der Waals surface area contributed by atoms with Gasteiger partial charge in [-0.05, 0) is 97.4 Å². The molecule has 4 aromatic carbocycles. The molecule has 0 aromatic heterocycles. The van der Waals surface area contributed by atoms with Crippen molar-refractivity contribution in [2.45, 2.75) is 78.1 Å². The van der Waals surface area contributed by atoms with Gasteiger partial charge in [0.2, 0.25) is 0 Å². The maximum atomic E-state index is 15.4. The van der Waals surface area contributed by atoms with Crippen LogP contribution in [0, 0.1) is 17.7 Å². The summed E-state index contributed by atoms with van der Waals surface area (Å²) in [6.45, 7) is 4.31. The standard InChI is InChI=1S/C38H41F/c1-3-5-7-8-10-12-31-15-19-33(20-16-31)23-25-35-26-27-36-29-34(24-28-37(36)38(35)39)22-21-32-17-13-30(14-18-32)11-9-6-4-2/h4,6,13-20,24,26-29H,3,5,7-12,23,25H2,1-2H3/b6-4+. The molecular weight excluding hydrogens is 475 g/mol. The second-order valence-electron chi connectivity index (χ2n) is 10.5. The third kappa shape index (κ3) is 8.69. The Morgan fingerprint density at radius 3 is 2.03 bits per heavy atom. The van der Waals surface area contributed by atoms with Crippen molar-refractivity contribution in [2.75, 3.05) is 0 Å². The smallest absolute Gasteiger partial charge is 0.134 e. The minimum absolute atomic E-state index is 0.107. The minimum atomic E-state index is -0.107. The molecule has 0 aliphatic carbocycles. The van der Waals surface area contributed by atoms with E-state index in [1.807, 2.05) is 30.3 Å². The number of unbranched alkanes of at least 4 members (excludes halogenated alkanes) is 4. The lowest BCUT2D eigenvalue weighted by molar-refractivity contribution is 0.620. The third-order valence-electron chi connectivity index (χ3n) is 7.45. The lowest BCUT2D eigenvalue weighted by Crippen LogP contribution is -1.96. The summed E-state index contributed by atoms with van der Waals surface area (Å²) in [6.07, 6.45) is 15.6. The number of halogens is 1. The zero-order valence-electron chi connectivity index (χ0n) is 23.6. The molecular formula is C38H41F. The second-order valence-corrected chi connectivity index (χ2v) is 10.5. The van der Waals surface area contributed by atoms with Gasteiger partial charge < -0.3 is 0 Å². The van der Waals surface area contributed by atoms with Gasteiger partial charge in [0.15, 0.2) is 0 Å². The topological polar surface area (TPSA) is 0 Å². The molecule has 0 unspecified atom stereocenters. The lowest BCUT2D eigenvalue weighted by Gasteiger charge is -2.08. The van der Waals surface area contributed by atoms with Gasteiger partial charge in [0.05, 0.1) is 0 Å². The van der Waals surface area contributed by atoms with Crippen LogP contribution in [0.25, 0.3) is 10.8 Å². The van der Waals surface area contributed by atoms with E-state index in [1.54, 1.807) is 0 Å². The molecule has 0 amide bonds. The van der Waals surface area contributed by atoms with Gasteiger partial charge in [-0.25, -0.2) is 4.39 Å². The zero-order chi connectivity index (χ0) is 27.3. The minimum Gasteiger partial charge on any atom is -0.206 e. The first-order valence-electron chi connectivity index (χ1n) is 14.7. The number of aryl methyl sites for hydroxylation is 4. The molecule has 1 heteroatoms. The predicted octanol–water partition coefficient (Wildman–Crippen LogP) is 10.2. The molecule has 4 rings (SSSR count). The van der Waals surface area contributed by atoms with E-state index in [0.29, 0.717) is 11.8 Å². The quantitative estimate of drug-likeness (QED) is 0.0998. The van der Waals surface area contributed by atoms with Crippen molar-refractivity contribution in [3.8, 4) is 11.8 Å². The molecule has 0 spiro atoms. The molecule has 0 saturated carbocycles. The van der Waals surface area contributed by atoms with Crippen LogP contribution in [0.2, 0.25) is 0 Å². The van der Waals surface area contributed by atoms with E-state index < -0.39 is 0 Å². The first kappa shape index (κ1) is 28.4. The lowest BCUT2D eigenvalue weighted by atomic mass is 9.98. The van der Waals surface area contributed by atoms with Crippen LogP contribution < -0.4 is 0 Å². The number of rotatable bonds is 12. The summed E-state index contributed by atoms with van der Waals surface area (Å²) < 4.78 is 15.4. The maximum Gasteiger partial charge on any atom is 0.134 e. The largest absolute Gasteiger partial charge is 0.206 e. The molecule has 0 heterocycles. The Hall–Kier alpha value is -3.63. The van der Waals surface area contributed by atoms with Crippen molar-refractivity contribution in [1.29, 1.82) is 0 Å². The van der Waals surface area contributed by atoms with Gasteiger partial charge >= 0.3 is 0 Å². The Morgan fingerprint density at radius 1 is 0.641 bits per heavy atom. The Kier molecular flexibility index (Phi) is 11.0. The van der Waals surface area contributed by atoms with E-state index >= 15 is 4.39 Å². The zero-order valence-corrected chi connectivity index (χ0v) is 23.6. The molecule has 0 nitrogen and oxygen atoms in total. The van der Waals surface area contributed by atoms with Gasteiger partial charge in [-0.3, -0.25) is 0 Å². The molecule has 0 N–H and O–H groups in total. The van der Waals surface area contributed by atoms with Crippen LogP contribution in [0.4, 0.5) is 4.39 Å². The van der Waals surface area contributed by atoms with Crippen molar-refractivity contribution in [1.82, 2.24) is 0 Å². The van der Waals surface area contributed by atoms with Crippen LogP contribution in [0.1, 0.15) is 85.8 Å². The van der Waals surface area contributed by atoms with Crippen LogP contribution in [0.15, 0.2) is 91.0 Å². The maximum absolute atomic E-state index is 15.4. The van der Waals surface area contributed by atoms with Crippen LogP contribution >= 0.6 is 0 Å². The molecule has 200 valence electrons. The summed E-state index contributed by atoms with van der Waals surface area (Å²) in [5, 5.41) is 1.56. The highest BCUT2D eigenvalue weighted by Gasteiger charge is 2.08. The first-order valence-corrected chi connectivity index (χ1v) is 14.7. The highest BCUT2D eigenvalue weighted by atomic mass is 19.1. The Balaban J connectivity index is 1.34. The monoisotopic (exact) mass is 516 g/mol. The van der Waals surface area contributed by atoms with Crippen molar-refractivity contribution >= 4 is 10.8 Å². The SMILES string of the molecule is C/C=C/CCc1ccc(C#Cc2ccc3c(F)c(CCc4ccc(CCCCCCC)cc4)ccc3c2)cc1. The Morgan fingerprint density at radius 2 is 1.28 bits per heavy atom. The van der Waals surface area contributed by atoms with E-state index in [0.717, 1.165) is 47.8 Å². The van der Waals surface area contributed by atoms with Gasteiger partial charge in [-0.1, -0.05) is 111 Å². The molecule has 0 aliphatic rings. The van der Waals surface area contributed by atoms with Crippen molar-refractivity contribution in [3.05, 3.63) is 130 Å². The molecule has 0 bridgehead atoms. The van der Waals surface area contributed by atoms with Gasteiger partial charge in [0.25, 0.3) is 0 Å². The Labute approximate surface area is 235 Å². The molecule has 0 aliphatic heterocycles. The normalized spacial score (nSPS) is 11.2. The molecule has 0 fully saturated rings.